The van der Waals surface area contributed by atoms with Crippen LogP contribution in [0.4, 0.5) is 0 Å². The van der Waals surface area contributed by atoms with E-state index < -0.39 is 15.1 Å². The first kappa shape index (κ1) is 13.7. The lowest BCUT2D eigenvalue weighted by molar-refractivity contribution is 0.504. The van der Waals surface area contributed by atoms with Crippen LogP contribution in [-0.2, 0) is 16.9 Å². The fourth-order valence-electron chi connectivity index (χ4n) is 1.61. The molecule has 5 nitrogen and oxygen atoms in total. The van der Waals surface area contributed by atoms with Crippen molar-refractivity contribution in [3.05, 3.63) is 16.4 Å². The molecule has 1 rings (SSSR count). The quantitative estimate of drug-likeness (QED) is 0.896. The van der Waals surface area contributed by atoms with Crippen molar-refractivity contribution in [2.45, 2.75) is 18.2 Å². The summed E-state index contributed by atoms with van der Waals surface area (Å²) in [6.45, 7) is 1.69. The zero-order valence-electron chi connectivity index (χ0n) is 9.73. The zero-order chi connectivity index (χ0) is 12.5. The van der Waals surface area contributed by atoms with Crippen molar-refractivity contribution >= 4 is 25.8 Å². The normalized spacial score (nSPS) is 16.1. The van der Waals surface area contributed by atoms with Gasteiger partial charge >= 0.3 is 0 Å². The fraction of sp³-hybridized carbons (Fsp3) is 0.667. The van der Waals surface area contributed by atoms with Gasteiger partial charge in [-0.2, -0.15) is 5.10 Å². The van der Waals surface area contributed by atoms with Gasteiger partial charge in [-0.05, 0) is 29.9 Å². The van der Waals surface area contributed by atoms with Crippen molar-refractivity contribution in [1.82, 2.24) is 15.1 Å². The lowest BCUT2D eigenvalue weighted by Gasteiger charge is -2.22. The van der Waals surface area contributed by atoms with Crippen LogP contribution in [0.1, 0.15) is 18.7 Å². The minimum Gasteiger partial charge on any atom is -0.311 e. The van der Waals surface area contributed by atoms with Crippen LogP contribution >= 0.6 is 15.9 Å². The van der Waals surface area contributed by atoms with E-state index in [1.54, 1.807) is 31.9 Å². The van der Waals surface area contributed by atoms with Crippen LogP contribution in [0.15, 0.2) is 10.7 Å². The van der Waals surface area contributed by atoms with Gasteiger partial charge in [-0.15, -0.1) is 0 Å². The number of sulfone groups is 1. The average Bonchev–Trinajstić information content (AvgIpc) is 2.49. The molecule has 2 unspecified atom stereocenters. The Morgan fingerprint density at radius 1 is 1.56 bits per heavy atom. The molecule has 0 amide bonds. The first-order valence-corrected chi connectivity index (χ1v) is 7.57. The molecular weight excluding hydrogens is 294 g/mol. The van der Waals surface area contributed by atoms with Crippen molar-refractivity contribution in [2.75, 3.05) is 13.3 Å². The molecule has 0 spiro atoms. The second-order valence-electron chi connectivity index (χ2n) is 3.80. The number of rotatable bonds is 4. The maximum absolute atomic E-state index is 11.6. The lowest BCUT2D eigenvalue weighted by atomic mass is 10.1. The van der Waals surface area contributed by atoms with Gasteiger partial charge in [0, 0.05) is 13.3 Å². The molecule has 1 aromatic heterocycles. The predicted octanol–water partition coefficient (Wildman–Crippen LogP) is 0.876. The van der Waals surface area contributed by atoms with E-state index in [-0.39, 0.29) is 6.04 Å². The molecule has 7 heteroatoms. The van der Waals surface area contributed by atoms with Gasteiger partial charge in [-0.1, -0.05) is 0 Å². The van der Waals surface area contributed by atoms with E-state index in [0.29, 0.717) is 0 Å². The van der Waals surface area contributed by atoms with Gasteiger partial charge in [0.05, 0.1) is 27.7 Å². The fourth-order valence-corrected chi connectivity index (χ4v) is 2.97. The van der Waals surface area contributed by atoms with Gasteiger partial charge in [0.15, 0.2) is 9.84 Å². The molecular formula is C9H16BrN3O2S. The summed E-state index contributed by atoms with van der Waals surface area (Å²) in [7, 11) is 0.435. The van der Waals surface area contributed by atoms with E-state index in [2.05, 4.69) is 26.3 Å². The van der Waals surface area contributed by atoms with E-state index in [9.17, 15) is 8.42 Å². The molecule has 0 saturated carbocycles. The molecule has 92 valence electrons. The van der Waals surface area contributed by atoms with Crippen LogP contribution in [-0.4, -0.2) is 36.8 Å². The molecule has 0 radical (unpaired) electrons. The van der Waals surface area contributed by atoms with Crippen LogP contribution in [0.3, 0.4) is 0 Å². The summed E-state index contributed by atoms with van der Waals surface area (Å²) in [4.78, 5) is 0. The molecule has 1 aromatic rings. The zero-order valence-corrected chi connectivity index (χ0v) is 12.1. The number of aryl methyl sites for hydroxylation is 1. The van der Waals surface area contributed by atoms with E-state index in [0.717, 1.165) is 10.2 Å². The smallest absolute Gasteiger partial charge is 0.151 e. The van der Waals surface area contributed by atoms with Crippen LogP contribution in [0, 0.1) is 0 Å². The number of hydrogen-bond acceptors (Lipinski definition) is 4. The summed E-state index contributed by atoms with van der Waals surface area (Å²) in [6, 6.07) is -0.281. The summed E-state index contributed by atoms with van der Waals surface area (Å²) in [6.07, 6.45) is 2.90. The second kappa shape index (κ2) is 4.85. The van der Waals surface area contributed by atoms with Crippen LogP contribution in [0.5, 0.6) is 0 Å². The minimum atomic E-state index is -3.10. The molecule has 0 saturated heterocycles. The average molecular weight is 310 g/mol. The predicted molar refractivity (Wildman–Crippen MR) is 67.0 cm³/mol. The molecule has 0 aliphatic rings. The molecule has 2 atom stereocenters. The van der Waals surface area contributed by atoms with Crippen molar-refractivity contribution in [2.24, 2.45) is 7.05 Å². The Morgan fingerprint density at radius 3 is 2.44 bits per heavy atom. The third kappa shape index (κ3) is 2.64. The second-order valence-corrected chi connectivity index (χ2v) is 7.06. The third-order valence-electron chi connectivity index (χ3n) is 2.69. The standard InChI is InChI=1S/C9H16BrN3O2S/c1-6(16(4,14)15)8(11-2)9-7(10)5-12-13(9)3/h5-6,8,11H,1-4H3. The summed E-state index contributed by atoms with van der Waals surface area (Å²) >= 11 is 3.38. The molecule has 16 heavy (non-hydrogen) atoms. The van der Waals surface area contributed by atoms with Gasteiger partial charge < -0.3 is 5.32 Å². The Hall–Kier alpha value is -0.400. The molecule has 0 aromatic carbocycles. The highest BCUT2D eigenvalue weighted by Crippen LogP contribution is 2.27. The van der Waals surface area contributed by atoms with Gasteiger partial charge in [0.2, 0.25) is 0 Å². The Bertz CT molecular complexity index is 450. The van der Waals surface area contributed by atoms with Crippen molar-refractivity contribution in [3.63, 3.8) is 0 Å². The van der Waals surface area contributed by atoms with Gasteiger partial charge in [0.1, 0.15) is 0 Å². The Kier molecular flexibility index (Phi) is 4.14. The molecule has 1 heterocycles. The van der Waals surface area contributed by atoms with Gasteiger partial charge in [0.25, 0.3) is 0 Å². The number of hydrogen-bond donors (Lipinski definition) is 1. The molecule has 0 fully saturated rings. The summed E-state index contributed by atoms with van der Waals surface area (Å²) in [5.74, 6) is 0. The Balaban J connectivity index is 3.19. The molecule has 1 N–H and O–H groups in total. The maximum atomic E-state index is 11.6. The molecule has 0 aliphatic carbocycles. The van der Waals surface area contributed by atoms with E-state index in [4.69, 9.17) is 0 Å². The highest BCUT2D eigenvalue weighted by Gasteiger charge is 2.29. The van der Waals surface area contributed by atoms with Crippen LogP contribution in [0.2, 0.25) is 0 Å². The molecule has 0 aliphatic heterocycles. The summed E-state index contributed by atoms with van der Waals surface area (Å²) < 4.78 is 25.6. The lowest BCUT2D eigenvalue weighted by Crippen LogP contribution is -2.34. The highest BCUT2D eigenvalue weighted by atomic mass is 79.9. The van der Waals surface area contributed by atoms with Crippen molar-refractivity contribution < 1.29 is 8.42 Å². The SMILES string of the molecule is CNC(c1c(Br)cnn1C)C(C)S(C)(=O)=O. The minimum absolute atomic E-state index is 0.281. The topological polar surface area (TPSA) is 64.0 Å². The first-order valence-electron chi connectivity index (χ1n) is 4.82. The number of nitrogens with zero attached hydrogens (tertiary/aromatic N) is 2. The Labute approximate surface area is 104 Å². The van der Waals surface area contributed by atoms with E-state index in [1.165, 1.54) is 6.26 Å². The maximum Gasteiger partial charge on any atom is 0.151 e. The largest absolute Gasteiger partial charge is 0.311 e. The third-order valence-corrected chi connectivity index (χ3v) is 4.92. The van der Waals surface area contributed by atoms with Gasteiger partial charge in [-0.3, -0.25) is 4.68 Å². The number of nitrogens with one attached hydrogen (secondary N) is 1. The summed E-state index contributed by atoms with van der Waals surface area (Å²) in [5, 5.41) is 6.60. The van der Waals surface area contributed by atoms with Crippen LogP contribution in [0.25, 0.3) is 0 Å². The number of halogens is 1. The summed E-state index contributed by atoms with van der Waals surface area (Å²) in [5.41, 5.74) is 0.834. The van der Waals surface area contributed by atoms with Crippen molar-refractivity contribution in [3.8, 4) is 0 Å². The number of aromatic nitrogens is 2. The van der Waals surface area contributed by atoms with Crippen molar-refractivity contribution in [1.29, 1.82) is 0 Å². The Morgan fingerprint density at radius 2 is 2.12 bits per heavy atom. The van der Waals surface area contributed by atoms with Crippen LogP contribution < -0.4 is 5.32 Å². The van der Waals surface area contributed by atoms with E-state index in [1.807, 2.05) is 0 Å². The van der Waals surface area contributed by atoms with E-state index >= 15 is 0 Å². The first-order chi connectivity index (χ1) is 7.29. The highest BCUT2D eigenvalue weighted by molar-refractivity contribution is 9.10. The molecule has 0 bridgehead atoms. The monoisotopic (exact) mass is 309 g/mol. The van der Waals surface area contributed by atoms with Gasteiger partial charge in [-0.25, -0.2) is 8.42 Å².